The zero-order chi connectivity index (χ0) is 16.5. The molecule has 22 heavy (non-hydrogen) atoms. The van der Waals surface area contributed by atoms with Gasteiger partial charge in [-0.2, -0.15) is 13.2 Å². The fourth-order valence-electron chi connectivity index (χ4n) is 2.46. The van der Waals surface area contributed by atoms with E-state index in [1.165, 1.54) is 0 Å². The van der Waals surface area contributed by atoms with Gasteiger partial charge < -0.3 is 9.64 Å². The van der Waals surface area contributed by atoms with Crippen LogP contribution in [0.25, 0.3) is 0 Å². The van der Waals surface area contributed by atoms with Crippen molar-refractivity contribution in [2.75, 3.05) is 24.7 Å². The van der Waals surface area contributed by atoms with Crippen molar-refractivity contribution in [1.29, 1.82) is 0 Å². The van der Waals surface area contributed by atoms with Crippen molar-refractivity contribution in [2.24, 2.45) is 0 Å². The first-order valence-corrected chi connectivity index (χ1v) is 7.03. The van der Waals surface area contributed by atoms with Crippen LogP contribution in [0, 0.1) is 10.1 Å². The maximum atomic E-state index is 12.9. The number of ether oxygens (including phenoxy) is 1. The van der Waals surface area contributed by atoms with Crippen molar-refractivity contribution < 1.29 is 22.8 Å². The molecule has 1 aliphatic heterocycles. The minimum absolute atomic E-state index is 0.0955. The van der Waals surface area contributed by atoms with Gasteiger partial charge in [-0.25, -0.2) is 0 Å². The van der Waals surface area contributed by atoms with E-state index in [4.69, 9.17) is 16.3 Å². The van der Waals surface area contributed by atoms with E-state index in [9.17, 15) is 23.3 Å². The summed E-state index contributed by atoms with van der Waals surface area (Å²) in [6, 6.07) is 1.39. The Morgan fingerprint density at radius 3 is 2.73 bits per heavy atom. The van der Waals surface area contributed by atoms with E-state index in [2.05, 4.69) is 0 Å². The van der Waals surface area contributed by atoms with Crippen LogP contribution >= 0.6 is 11.6 Å². The SMILES string of the molecule is CCC1COCCN1c1cc(Cl)c(C(F)(F)F)cc1[N+](=O)[O-]. The summed E-state index contributed by atoms with van der Waals surface area (Å²) in [7, 11) is 0. The van der Waals surface area contributed by atoms with E-state index in [-0.39, 0.29) is 11.7 Å². The predicted molar refractivity (Wildman–Crippen MR) is 75.4 cm³/mol. The molecule has 0 amide bonds. The number of nitro benzene ring substituents is 1. The van der Waals surface area contributed by atoms with Gasteiger partial charge in [0.25, 0.3) is 5.69 Å². The van der Waals surface area contributed by atoms with Gasteiger partial charge in [-0.15, -0.1) is 0 Å². The normalized spacial score (nSPS) is 19.3. The zero-order valence-corrected chi connectivity index (χ0v) is 12.4. The van der Waals surface area contributed by atoms with Gasteiger partial charge in [0, 0.05) is 12.6 Å². The Labute approximate surface area is 129 Å². The van der Waals surface area contributed by atoms with Crippen LogP contribution in [0.3, 0.4) is 0 Å². The molecule has 122 valence electrons. The first kappa shape index (κ1) is 16.8. The van der Waals surface area contributed by atoms with Gasteiger partial charge >= 0.3 is 6.18 Å². The molecule has 0 aromatic heterocycles. The minimum Gasteiger partial charge on any atom is -0.377 e. The summed E-state index contributed by atoms with van der Waals surface area (Å²) in [6.07, 6.45) is -4.09. The lowest BCUT2D eigenvalue weighted by atomic mass is 10.1. The van der Waals surface area contributed by atoms with Crippen molar-refractivity contribution >= 4 is 23.0 Å². The van der Waals surface area contributed by atoms with Crippen LogP contribution in [0.4, 0.5) is 24.5 Å². The number of halogens is 4. The number of morpholine rings is 1. The fraction of sp³-hybridized carbons (Fsp3) is 0.538. The molecular formula is C13H14ClF3N2O3. The van der Waals surface area contributed by atoms with Gasteiger partial charge in [0.1, 0.15) is 5.69 Å². The molecule has 1 aromatic carbocycles. The molecule has 0 N–H and O–H groups in total. The van der Waals surface area contributed by atoms with Gasteiger partial charge in [-0.3, -0.25) is 10.1 Å². The van der Waals surface area contributed by atoms with E-state index < -0.39 is 27.4 Å². The van der Waals surface area contributed by atoms with Crippen LogP contribution in [0.5, 0.6) is 0 Å². The van der Waals surface area contributed by atoms with Crippen molar-refractivity contribution in [2.45, 2.75) is 25.6 Å². The number of nitro groups is 1. The summed E-state index contributed by atoms with van der Waals surface area (Å²) in [4.78, 5) is 12.1. The molecule has 1 aromatic rings. The highest BCUT2D eigenvalue weighted by Gasteiger charge is 2.37. The van der Waals surface area contributed by atoms with E-state index in [0.29, 0.717) is 32.2 Å². The molecule has 0 bridgehead atoms. The third-order valence-electron chi connectivity index (χ3n) is 3.57. The third-order valence-corrected chi connectivity index (χ3v) is 3.89. The van der Waals surface area contributed by atoms with E-state index >= 15 is 0 Å². The molecular weight excluding hydrogens is 325 g/mol. The van der Waals surface area contributed by atoms with Crippen molar-refractivity contribution in [3.8, 4) is 0 Å². The maximum Gasteiger partial charge on any atom is 0.418 e. The summed E-state index contributed by atoms with van der Waals surface area (Å²) in [6.45, 7) is 2.96. The summed E-state index contributed by atoms with van der Waals surface area (Å²) in [5.41, 5.74) is -1.71. The molecule has 0 aliphatic carbocycles. The van der Waals surface area contributed by atoms with Crippen molar-refractivity contribution in [3.05, 3.63) is 32.8 Å². The Bertz CT molecular complexity index is 580. The van der Waals surface area contributed by atoms with Crippen molar-refractivity contribution in [3.63, 3.8) is 0 Å². The highest BCUT2D eigenvalue weighted by atomic mass is 35.5. The highest BCUT2D eigenvalue weighted by molar-refractivity contribution is 6.31. The standard InChI is InChI=1S/C13H14ClF3N2O3/c1-2-8-7-22-4-3-18(8)11-6-10(14)9(13(15,16)17)5-12(11)19(20)21/h5-6,8H,2-4,7H2,1H3. The molecule has 0 radical (unpaired) electrons. The monoisotopic (exact) mass is 338 g/mol. The van der Waals surface area contributed by atoms with Crippen LogP contribution in [0.15, 0.2) is 12.1 Å². The summed E-state index contributed by atoms with van der Waals surface area (Å²) < 4.78 is 43.9. The van der Waals surface area contributed by atoms with E-state index in [1.807, 2.05) is 6.92 Å². The molecule has 5 nitrogen and oxygen atoms in total. The molecule has 1 fully saturated rings. The third kappa shape index (κ3) is 3.27. The molecule has 1 atom stereocenters. The number of hydrogen-bond acceptors (Lipinski definition) is 4. The fourth-order valence-corrected chi connectivity index (χ4v) is 2.72. The van der Waals surface area contributed by atoms with Crippen LogP contribution < -0.4 is 4.90 Å². The average Bonchev–Trinajstić information content (AvgIpc) is 2.45. The number of alkyl halides is 3. The molecule has 0 spiro atoms. The lowest BCUT2D eigenvalue weighted by Crippen LogP contribution is -2.45. The molecule has 1 heterocycles. The number of nitrogens with zero attached hydrogens (tertiary/aromatic N) is 2. The summed E-state index contributed by atoms with van der Waals surface area (Å²) >= 11 is 5.70. The van der Waals surface area contributed by atoms with Gasteiger partial charge in [-0.05, 0) is 12.5 Å². The Morgan fingerprint density at radius 2 is 2.18 bits per heavy atom. The van der Waals surface area contributed by atoms with Crippen LogP contribution in [0.1, 0.15) is 18.9 Å². The highest BCUT2D eigenvalue weighted by Crippen LogP contribution is 2.42. The molecule has 1 aliphatic rings. The van der Waals surface area contributed by atoms with Crippen LogP contribution in [0.2, 0.25) is 5.02 Å². The number of benzene rings is 1. The lowest BCUT2D eigenvalue weighted by molar-refractivity contribution is -0.384. The second kappa shape index (κ2) is 6.29. The second-order valence-electron chi connectivity index (χ2n) is 4.91. The molecule has 2 rings (SSSR count). The number of anilines is 1. The zero-order valence-electron chi connectivity index (χ0n) is 11.7. The molecule has 1 unspecified atom stereocenters. The van der Waals surface area contributed by atoms with Gasteiger partial charge in [0.15, 0.2) is 0 Å². The maximum absolute atomic E-state index is 12.9. The topological polar surface area (TPSA) is 55.6 Å². The van der Waals surface area contributed by atoms with Gasteiger partial charge in [0.05, 0.1) is 34.8 Å². The molecule has 0 saturated carbocycles. The first-order chi connectivity index (χ1) is 10.3. The van der Waals surface area contributed by atoms with E-state index in [1.54, 1.807) is 4.90 Å². The molecule has 9 heteroatoms. The number of rotatable bonds is 3. The average molecular weight is 339 g/mol. The second-order valence-corrected chi connectivity index (χ2v) is 5.31. The first-order valence-electron chi connectivity index (χ1n) is 6.65. The van der Waals surface area contributed by atoms with Crippen LogP contribution in [-0.2, 0) is 10.9 Å². The van der Waals surface area contributed by atoms with Gasteiger partial charge in [-0.1, -0.05) is 18.5 Å². The lowest BCUT2D eigenvalue weighted by Gasteiger charge is -2.36. The predicted octanol–water partition coefficient (Wildman–Crippen LogP) is 3.88. The summed E-state index contributed by atoms with van der Waals surface area (Å²) in [5, 5.41) is 10.6. The van der Waals surface area contributed by atoms with Crippen molar-refractivity contribution in [1.82, 2.24) is 0 Å². The molecule has 1 saturated heterocycles. The summed E-state index contributed by atoms with van der Waals surface area (Å²) in [5.74, 6) is 0. The number of hydrogen-bond donors (Lipinski definition) is 0. The Hall–Kier alpha value is -1.54. The Balaban J connectivity index is 2.55. The Kier molecular flexibility index (Phi) is 4.81. The quantitative estimate of drug-likeness (QED) is 0.620. The smallest absolute Gasteiger partial charge is 0.377 e. The van der Waals surface area contributed by atoms with Crippen LogP contribution in [-0.4, -0.2) is 30.7 Å². The minimum atomic E-state index is -4.74. The Morgan fingerprint density at radius 1 is 1.50 bits per heavy atom. The van der Waals surface area contributed by atoms with E-state index in [0.717, 1.165) is 6.07 Å². The largest absolute Gasteiger partial charge is 0.418 e. The van der Waals surface area contributed by atoms with Gasteiger partial charge in [0.2, 0.25) is 0 Å².